The summed E-state index contributed by atoms with van der Waals surface area (Å²) in [5.74, 6) is -0.270. The van der Waals surface area contributed by atoms with Gasteiger partial charge in [0.05, 0.1) is 5.54 Å². The minimum atomic E-state index is -0.590. The summed E-state index contributed by atoms with van der Waals surface area (Å²) in [5, 5.41) is 0. The van der Waals surface area contributed by atoms with Crippen molar-refractivity contribution < 1.29 is 4.79 Å². The van der Waals surface area contributed by atoms with Crippen LogP contribution in [0.15, 0.2) is 18.2 Å². The van der Waals surface area contributed by atoms with Crippen LogP contribution in [0.1, 0.15) is 25.0 Å². The predicted octanol–water partition coefficient (Wildman–Crippen LogP) is 0.933. The second-order valence-electron chi connectivity index (χ2n) is 5.44. The fourth-order valence-electron chi connectivity index (χ4n) is 2.46. The van der Waals surface area contributed by atoms with Gasteiger partial charge in [0.15, 0.2) is 0 Å². The van der Waals surface area contributed by atoms with E-state index in [0.717, 1.165) is 31.6 Å². The van der Waals surface area contributed by atoms with Gasteiger partial charge >= 0.3 is 0 Å². The van der Waals surface area contributed by atoms with Gasteiger partial charge in [-0.25, -0.2) is 0 Å². The predicted molar refractivity (Wildman–Crippen MR) is 73.1 cm³/mol. The first-order chi connectivity index (χ1) is 8.41. The summed E-state index contributed by atoms with van der Waals surface area (Å²) in [6.45, 7) is 5.47. The first-order valence-corrected chi connectivity index (χ1v) is 6.33. The summed E-state index contributed by atoms with van der Waals surface area (Å²) in [6, 6.07) is 6.06. The third kappa shape index (κ3) is 2.34. The Hall–Kier alpha value is -1.55. The van der Waals surface area contributed by atoms with Crippen LogP contribution in [0.5, 0.6) is 0 Å². The zero-order valence-electron chi connectivity index (χ0n) is 11.1. The van der Waals surface area contributed by atoms with E-state index < -0.39 is 5.54 Å². The molecule has 1 amide bonds. The molecule has 0 aromatic heterocycles. The lowest BCUT2D eigenvalue weighted by atomic mass is 10.0. The van der Waals surface area contributed by atoms with Gasteiger partial charge in [-0.1, -0.05) is 6.07 Å². The highest BCUT2D eigenvalue weighted by Crippen LogP contribution is 2.23. The van der Waals surface area contributed by atoms with Crippen molar-refractivity contribution >= 4 is 11.6 Å². The summed E-state index contributed by atoms with van der Waals surface area (Å²) < 4.78 is 0. The van der Waals surface area contributed by atoms with Gasteiger partial charge in [0.25, 0.3) is 0 Å². The average molecular weight is 247 g/mol. The van der Waals surface area contributed by atoms with E-state index in [1.165, 1.54) is 11.1 Å². The molecule has 0 saturated heterocycles. The maximum Gasteiger partial charge on any atom is 0.237 e. The Bertz CT molecular complexity index is 468. The van der Waals surface area contributed by atoms with Gasteiger partial charge in [-0.2, -0.15) is 0 Å². The summed E-state index contributed by atoms with van der Waals surface area (Å²) in [6.07, 6.45) is 1.85. The Balaban J connectivity index is 2.20. The Morgan fingerprint density at radius 1 is 1.22 bits per heavy atom. The first-order valence-electron chi connectivity index (χ1n) is 6.33. The Morgan fingerprint density at radius 2 is 1.83 bits per heavy atom. The molecule has 0 aliphatic carbocycles. The highest BCUT2D eigenvalue weighted by molar-refractivity contribution is 5.83. The molecular formula is C14H21N3O. The number of carbonyl (C=O) groups is 1. The SMILES string of the molecule is CC(C)(C(N)=O)N1CCc2ccc(N)cc2CC1. The van der Waals surface area contributed by atoms with Crippen LogP contribution in [0.2, 0.25) is 0 Å². The van der Waals surface area contributed by atoms with Gasteiger partial charge in [-0.05, 0) is 49.9 Å². The molecule has 4 heteroatoms. The number of carbonyl (C=O) groups excluding carboxylic acids is 1. The van der Waals surface area contributed by atoms with Gasteiger partial charge in [0, 0.05) is 18.8 Å². The first kappa shape index (κ1) is 12.9. The molecule has 1 heterocycles. The van der Waals surface area contributed by atoms with Crippen LogP contribution in [-0.2, 0) is 17.6 Å². The van der Waals surface area contributed by atoms with Gasteiger partial charge < -0.3 is 11.5 Å². The number of anilines is 1. The van der Waals surface area contributed by atoms with E-state index in [1.54, 1.807) is 0 Å². The van der Waals surface area contributed by atoms with Gasteiger partial charge in [0.1, 0.15) is 0 Å². The lowest BCUT2D eigenvalue weighted by Gasteiger charge is -2.34. The van der Waals surface area contributed by atoms with E-state index >= 15 is 0 Å². The molecule has 1 aromatic carbocycles. The van der Waals surface area contributed by atoms with Crippen molar-refractivity contribution in [1.29, 1.82) is 0 Å². The summed E-state index contributed by atoms with van der Waals surface area (Å²) in [7, 11) is 0. The molecule has 0 fully saturated rings. The molecule has 0 radical (unpaired) electrons. The monoisotopic (exact) mass is 247 g/mol. The highest BCUT2D eigenvalue weighted by Gasteiger charge is 2.33. The lowest BCUT2D eigenvalue weighted by molar-refractivity contribution is -0.128. The van der Waals surface area contributed by atoms with Crippen LogP contribution in [0.3, 0.4) is 0 Å². The maximum atomic E-state index is 11.5. The fraction of sp³-hybridized carbons (Fsp3) is 0.500. The molecule has 1 aliphatic rings. The molecule has 1 aliphatic heterocycles. The lowest BCUT2D eigenvalue weighted by Crippen LogP contribution is -2.54. The van der Waals surface area contributed by atoms with Crippen LogP contribution in [0.25, 0.3) is 0 Å². The molecule has 18 heavy (non-hydrogen) atoms. The molecular weight excluding hydrogens is 226 g/mol. The molecule has 0 unspecified atom stereocenters. The number of benzene rings is 1. The topological polar surface area (TPSA) is 72.4 Å². The van der Waals surface area contributed by atoms with Gasteiger partial charge in [-0.3, -0.25) is 9.69 Å². The van der Waals surface area contributed by atoms with Crippen LogP contribution in [-0.4, -0.2) is 29.4 Å². The normalized spacial score (nSPS) is 17.0. The minimum Gasteiger partial charge on any atom is -0.399 e. The molecule has 4 N–H and O–H groups in total. The second kappa shape index (κ2) is 4.61. The van der Waals surface area contributed by atoms with Crippen LogP contribution >= 0.6 is 0 Å². The van der Waals surface area contributed by atoms with Crippen molar-refractivity contribution in [3.63, 3.8) is 0 Å². The minimum absolute atomic E-state index is 0.270. The molecule has 4 nitrogen and oxygen atoms in total. The van der Waals surface area contributed by atoms with Gasteiger partial charge in [0.2, 0.25) is 5.91 Å². The number of fused-ring (bicyclic) bond motifs is 1. The summed E-state index contributed by atoms with van der Waals surface area (Å²) in [5.41, 5.74) is 14.1. The third-order valence-corrected chi connectivity index (χ3v) is 3.93. The third-order valence-electron chi connectivity index (χ3n) is 3.93. The Kier molecular flexibility index (Phi) is 3.30. The molecule has 98 valence electrons. The van der Waals surface area contributed by atoms with Crippen LogP contribution in [0.4, 0.5) is 5.69 Å². The van der Waals surface area contributed by atoms with Crippen molar-refractivity contribution in [2.75, 3.05) is 18.8 Å². The van der Waals surface area contributed by atoms with Crippen molar-refractivity contribution in [3.05, 3.63) is 29.3 Å². The summed E-state index contributed by atoms with van der Waals surface area (Å²) in [4.78, 5) is 13.7. The van der Waals surface area contributed by atoms with Crippen LogP contribution < -0.4 is 11.5 Å². The second-order valence-corrected chi connectivity index (χ2v) is 5.44. The van der Waals surface area contributed by atoms with E-state index in [2.05, 4.69) is 11.0 Å². The number of hydrogen-bond acceptors (Lipinski definition) is 3. The van der Waals surface area contributed by atoms with Gasteiger partial charge in [-0.15, -0.1) is 0 Å². The number of primary amides is 1. The van der Waals surface area contributed by atoms with E-state index in [-0.39, 0.29) is 5.91 Å². The van der Waals surface area contributed by atoms with Crippen molar-refractivity contribution in [2.45, 2.75) is 32.2 Å². The number of nitrogens with zero attached hydrogens (tertiary/aromatic N) is 1. The van der Waals surface area contributed by atoms with Crippen LogP contribution in [0, 0.1) is 0 Å². The molecule has 1 aromatic rings. The Labute approximate surface area is 108 Å². The molecule has 0 spiro atoms. The molecule has 0 saturated carbocycles. The molecule has 0 bridgehead atoms. The standard InChI is InChI=1S/C14H21N3O/c1-14(2,13(16)18)17-7-5-10-3-4-12(15)9-11(10)6-8-17/h3-4,9H,5-8,15H2,1-2H3,(H2,16,18). The zero-order valence-corrected chi connectivity index (χ0v) is 11.1. The van der Waals surface area contributed by atoms with Crippen molar-refractivity contribution in [2.24, 2.45) is 5.73 Å². The van der Waals surface area contributed by atoms with Crippen molar-refractivity contribution in [3.8, 4) is 0 Å². The quantitative estimate of drug-likeness (QED) is 0.764. The van der Waals surface area contributed by atoms with E-state index in [4.69, 9.17) is 11.5 Å². The number of nitrogens with two attached hydrogens (primary N) is 2. The number of rotatable bonds is 2. The molecule has 2 rings (SSSR count). The smallest absolute Gasteiger partial charge is 0.237 e. The number of nitrogen functional groups attached to an aromatic ring is 1. The fourth-order valence-corrected chi connectivity index (χ4v) is 2.46. The van der Waals surface area contributed by atoms with E-state index in [0.29, 0.717) is 0 Å². The number of hydrogen-bond donors (Lipinski definition) is 2. The molecule has 0 atom stereocenters. The summed E-state index contributed by atoms with van der Waals surface area (Å²) >= 11 is 0. The highest BCUT2D eigenvalue weighted by atomic mass is 16.1. The van der Waals surface area contributed by atoms with E-state index in [9.17, 15) is 4.79 Å². The maximum absolute atomic E-state index is 11.5. The van der Waals surface area contributed by atoms with Crippen molar-refractivity contribution in [1.82, 2.24) is 4.90 Å². The zero-order chi connectivity index (χ0) is 13.3. The Morgan fingerprint density at radius 3 is 2.44 bits per heavy atom. The average Bonchev–Trinajstić information content (AvgIpc) is 2.50. The largest absolute Gasteiger partial charge is 0.399 e. The van der Waals surface area contributed by atoms with E-state index in [1.807, 2.05) is 26.0 Å². The number of amides is 1.